The highest BCUT2D eigenvalue weighted by molar-refractivity contribution is 6.33. The average Bonchev–Trinajstić information content (AvgIpc) is 3.24. The van der Waals surface area contributed by atoms with Crippen LogP contribution in [0.4, 0.5) is 18.9 Å². The van der Waals surface area contributed by atoms with Gasteiger partial charge in [-0.15, -0.1) is 0 Å². The smallest absolute Gasteiger partial charge is 0.338 e. The molecule has 0 aliphatic heterocycles. The van der Waals surface area contributed by atoms with Crippen LogP contribution in [0.3, 0.4) is 0 Å². The lowest BCUT2D eigenvalue weighted by Crippen LogP contribution is -2.25. The van der Waals surface area contributed by atoms with Crippen molar-refractivity contribution in [3.05, 3.63) is 93.5 Å². The number of pyridine rings is 1. The maximum atomic E-state index is 12.5. The van der Waals surface area contributed by atoms with E-state index in [2.05, 4.69) is 20.3 Å². The molecule has 2 aromatic carbocycles. The molecule has 3 N–H and O–H groups in total. The number of carbonyl (C=O) groups excluding carboxylic acids is 1. The zero-order valence-electron chi connectivity index (χ0n) is 16.8. The largest absolute Gasteiger partial charge is 0.394 e. The zero-order chi connectivity index (χ0) is 23.6. The van der Waals surface area contributed by atoms with Gasteiger partial charge < -0.3 is 15.3 Å². The lowest BCUT2D eigenvalue weighted by atomic mass is 10.1. The number of nitrogens with one attached hydrogen (secondary N) is 3. The van der Waals surface area contributed by atoms with Crippen LogP contribution in [0.1, 0.15) is 16.1 Å². The third-order valence-electron chi connectivity index (χ3n) is 4.75. The molecule has 33 heavy (non-hydrogen) atoms. The Balaban J connectivity index is 1.56. The van der Waals surface area contributed by atoms with Crippen molar-refractivity contribution < 1.29 is 18.0 Å². The van der Waals surface area contributed by atoms with Crippen molar-refractivity contribution in [2.75, 3.05) is 5.32 Å². The Bertz CT molecular complexity index is 1360. The Morgan fingerprint density at radius 1 is 1.03 bits per heavy atom. The lowest BCUT2D eigenvalue weighted by molar-refractivity contribution is -0.127. The third kappa shape index (κ3) is 5.32. The van der Waals surface area contributed by atoms with Crippen LogP contribution < -0.4 is 10.9 Å². The summed E-state index contributed by atoms with van der Waals surface area (Å²) in [6, 6.07) is 16.4. The Labute approximate surface area is 190 Å². The van der Waals surface area contributed by atoms with E-state index in [4.69, 9.17) is 11.6 Å². The Hall–Kier alpha value is -3.85. The molecule has 2 aromatic heterocycles. The molecule has 0 aliphatic carbocycles. The van der Waals surface area contributed by atoms with Crippen LogP contribution in [0.15, 0.2) is 71.7 Å². The molecule has 6 nitrogen and oxygen atoms in total. The Morgan fingerprint density at radius 2 is 1.79 bits per heavy atom. The van der Waals surface area contributed by atoms with Crippen LogP contribution in [0.5, 0.6) is 0 Å². The summed E-state index contributed by atoms with van der Waals surface area (Å²) >= 11 is 6.32. The van der Waals surface area contributed by atoms with Crippen LogP contribution in [0.2, 0.25) is 5.02 Å². The van der Waals surface area contributed by atoms with E-state index >= 15 is 0 Å². The fourth-order valence-corrected chi connectivity index (χ4v) is 3.42. The highest BCUT2D eigenvalue weighted by atomic mass is 35.5. The van der Waals surface area contributed by atoms with Crippen LogP contribution in [-0.2, 0) is 6.42 Å². The van der Waals surface area contributed by atoms with Crippen molar-refractivity contribution in [3.63, 3.8) is 0 Å². The van der Waals surface area contributed by atoms with Gasteiger partial charge >= 0.3 is 6.18 Å². The first-order valence-corrected chi connectivity index (χ1v) is 10.1. The van der Waals surface area contributed by atoms with Crippen molar-refractivity contribution in [3.8, 4) is 22.6 Å². The topological polar surface area (TPSA) is 90.6 Å². The summed E-state index contributed by atoms with van der Waals surface area (Å²) in [6.45, 7) is 0. The van der Waals surface area contributed by atoms with E-state index in [1.54, 1.807) is 18.3 Å². The first-order valence-electron chi connectivity index (χ1n) is 9.70. The second-order valence-corrected chi connectivity index (χ2v) is 7.59. The summed E-state index contributed by atoms with van der Waals surface area (Å²) in [5.74, 6) is -0.295. The number of halogens is 4. The summed E-state index contributed by atoms with van der Waals surface area (Å²) in [4.78, 5) is 34.3. The number of carbonyl (C=O) groups is 1. The number of anilines is 1. The van der Waals surface area contributed by atoms with Gasteiger partial charge in [0.05, 0.1) is 23.3 Å². The monoisotopic (exact) mass is 472 g/mol. The van der Waals surface area contributed by atoms with Gasteiger partial charge in [0.15, 0.2) is 0 Å². The highest BCUT2D eigenvalue weighted by Gasteiger charge is 2.28. The van der Waals surface area contributed by atoms with Crippen LogP contribution in [0, 0.1) is 0 Å². The molecule has 168 valence electrons. The fraction of sp³-hybridized carbons (Fsp3) is 0.0870. The molecule has 0 spiro atoms. The first kappa shape index (κ1) is 22.3. The number of aromatic amines is 2. The van der Waals surface area contributed by atoms with Gasteiger partial charge in [-0.1, -0.05) is 41.9 Å². The number of H-pyrrole nitrogens is 2. The van der Waals surface area contributed by atoms with Crippen molar-refractivity contribution in [1.82, 2.24) is 15.0 Å². The van der Waals surface area contributed by atoms with Crippen LogP contribution >= 0.6 is 11.6 Å². The summed E-state index contributed by atoms with van der Waals surface area (Å²) in [5.41, 5.74) is 1.00. The molecular weight excluding hydrogens is 457 g/mol. The van der Waals surface area contributed by atoms with Gasteiger partial charge in [0.2, 0.25) is 0 Å². The molecule has 4 rings (SSSR count). The van der Waals surface area contributed by atoms with Gasteiger partial charge in [0, 0.05) is 16.9 Å². The van der Waals surface area contributed by atoms with Crippen LogP contribution in [0.25, 0.3) is 22.6 Å². The number of imidazole rings is 1. The number of rotatable bonds is 5. The van der Waals surface area contributed by atoms with Crippen molar-refractivity contribution in [2.24, 2.45) is 0 Å². The lowest BCUT2D eigenvalue weighted by Gasteiger charge is -2.09. The van der Waals surface area contributed by atoms with Crippen LogP contribution in [-0.4, -0.2) is 27.0 Å². The summed E-state index contributed by atoms with van der Waals surface area (Å²) in [7, 11) is 0. The maximum absolute atomic E-state index is 12.5. The fourth-order valence-electron chi connectivity index (χ4n) is 3.22. The molecule has 0 radical (unpaired) electrons. The minimum Gasteiger partial charge on any atom is -0.338 e. The van der Waals surface area contributed by atoms with E-state index in [0.717, 1.165) is 23.4 Å². The average molecular weight is 473 g/mol. The number of aromatic nitrogens is 3. The van der Waals surface area contributed by atoms with E-state index in [9.17, 15) is 22.8 Å². The molecule has 0 fully saturated rings. The number of hydrogen-bond acceptors (Lipinski definition) is 3. The number of hydrogen-bond donors (Lipinski definition) is 3. The van der Waals surface area contributed by atoms with E-state index in [1.807, 2.05) is 30.3 Å². The van der Waals surface area contributed by atoms with Crippen molar-refractivity contribution in [2.45, 2.75) is 12.6 Å². The summed E-state index contributed by atoms with van der Waals surface area (Å²) in [5, 5.41) is 2.95. The van der Waals surface area contributed by atoms with E-state index in [0.29, 0.717) is 22.1 Å². The summed E-state index contributed by atoms with van der Waals surface area (Å²) in [6.07, 6.45) is -4.11. The molecule has 0 unspecified atom stereocenters. The highest BCUT2D eigenvalue weighted by Crippen LogP contribution is 2.30. The van der Waals surface area contributed by atoms with E-state index in [1.165, 1.54) is 6.07 Å². The standard InChI is InChI=1S/C23H16ClF3N4O2/c24-18-9-7-14(10-17(18)20-28-12-19(31-20)13-4-2-1-3-5-13)29-21(32)16-8-6-15(30-22(16)33)11-23(25,26)27/h1-10,12H,11H2,(H,28,31)(H,29,32)(H,30,33). The minimum atomic E-state index is -4.47. The second-order valence-electron chi connectivity index (χ2n) is 7.18. The summed E-state index contributed by atoms with van der Waals surface area (Å²) < 4.78 is 37.5. The normalized spacial score (nSPS) is 11.4. The SMILES string of the molecule is O=C(Nc1ccc(Cl)c(-c2ncc(-c3ccccc3)[nH]2)c1)c1ccc(CC(F)(F)F)[nH]c1=O. The quantitative estimate of drug-likeness (QED) is 0.361. The molecule has 2 heterocycles. The van der Waals surface area contributed by atoms with Gasteiger partial charge in [0.1, 0.15) is 11.4 Å². The van der Waals surface area contributed by atoms with Gasteiger partial charge in [-0.3, -0.25) is 9.59 Å². The molecule has 4 aromatic rings. The Morgan fingerprint density at radius 3 is 2.48 bits per heavy atom. The number of amides is 1. The molecule has 0 atom stereocenters. The minimum absolute atomic E-state index is 0.318. The first-order chi connectivity index (χ1) is 15.7. The van der Waals surface area contributed by atoms with E-state index < -0.39 is 24.1 Å². The third-order valence-corrected chi connectivity index (χ3v) is 5.07. The maximum Gasteiger partial charge on any atom is 0.394 e. The number of alkyl halides is 3. The molecule has 10 heteroatoms. The Kier molecular flexibility index (Phi) is 6.06. The van der Waals surface area contributed by atoms with Gasteiger partial charge in [-0.2, -0.15) is 13.2 Å². The van der Waals surface area contributed by atoms with Gasteiger partial charge in [-0.25, -0.2) is 4.98 Å². The molecular formula is C23H16ClF3N4O2. The number of nitrogens with zero attached hydrogens (tertiary/aromatic N) is 1. The number of benzene rings is 2. The molecule has 1 amide bonds. The van der Waals surface area contributed by atoms with Gasteiger partial charge in [0.25, 0.3) is 11.5 Å². The van der Waals surface area contributed by atoms with Crippen molar-refractivity contribution >= 4 is 23.2 Å². The zero-order valence-corrected chi connectivity index (χ0v) is 17.6. The van der Waals surface area contributed by atoms with E-state index in [-0.39, 0.29) is 11.3 Å². The predicted molar refractivity (Wildman–Crippen MR) is 119 cm³/mol. The van der Waals surface area contributed by atoms with Crippen molar-refractivity contribution in [1.29, 1.82) is 0 Å². The molecule has 0 saturated heterocycles. The molecule has 0 aliphatic rings. The predicted octanol–water partition coefficient (Wildman–Crippen LogP) is 5.44. The molecule has 0 saturated carbocycles. The molecule has 0 bridgehead atoms. The van der Waals surface area contributed by atoms with Gasteiger partial charge in [-0.05, 0) is 35.9 Å². The second kappa shape index (κ2) is 8.95.